The van der Waals surface area contributed by atoms with Crippen molar-refractivity contribution in [2.45, 2.75) is 19.9 Å². The first-order valence-corrected chi connectivity index (χ1v) is 6.71. The van der Waals surface area contributed by atoms with Gasteiger partial charge in [0.2, 0.25) is 0 Å². The van der Waals surface area contributed by atoms with Crippen LogP contribution < -0.4 is 4.90 Å². The third-order valence-corrected chi connectivity index (χ3v) is 3.87. The second kappa shape index (κ2) is 6.33. The molecule has 0 aliphatic rings. The number of aldehydes is 1. The molecule has 0 fully saturated rings. The van der Waals surface area contributed by atoms with E-state index < -0.39 is 0 Å². The SMILES string of the molecule is CCN(c1nc(Cl)c(C=O)s1)C(C)CN(C)C. The largest absolute Gasteiger partial charge is 0.344 e. The maximum Gasteiger partial charge on any atom is 0.187 e. The molecule has 1 unspecified atom stereocenters. The van der Waals surface area contributed by atoms with Gasteiger partial charge in [0.25, 0.3) is 0 Å². The van der Waals surface area contributed by atoms with Crippen molar-refractivity contribution in [3.05, 3.63) is 10.0 Å². The molecule has 0 aromatic carbocycles. The Kier molecular flexibility index (Phi) is 5.36. The van der Waals surface area contributed by atoms with Crippen LogP contribution in [-0.2, 0) is 0 Å². The number of halogens is 1. The number of thiazole rings is 1. The highest BCUT2D eigenvalue weighted by atomic mass is 35.5. The van der Waals surface area contributed by atoms with E-state index in [9.17, 15) is 4.79 Å². The maximum absolute atomic E-state index is 10.8. The number of nitrogens with zero attached hydrogens (tertiary/aromatic N) is 3. The lowest BCUT2D eigenvalue weighted by Crippen LogP contribution is -2.40. The average molecular weight is 276 g/mol. The summed E-state index contributed by atoms with van der Waals surface area (Å²) in [6, 6.07) is 0.330. The van der Waals surface area contributed by atoms with Gasteiger partial charge in [0.1, 0.15) is 4.88 Å². The summed E-state index contributed by atoms with van der Waals surface area (Å²) < 4.78 is 0. The van der Waals surface area contributed by atoms with E-state index in [1.165, 1.54) is 11.3 Å². The van der Waals surface area contributed by atoms with E-state index in [-0.39, 0.29) is 0 Å². The van der Waals surface area contributed by atoms with Gasteiger partial charge in [-0.1, -0.05) is 22.9 Å². The van der Waals surface area contributed by atoms with Crippen molar-refractivity contribution in [3.63, 3.8) is 0 Å². The molecular formula is C11H18ClN3OS. The van der Waals surface area contributed by atoms with Gasteiger partial charge >= 0.3 is 0 Å². The molecule has 1 atom stereocenters. The number of anilines is 1. The van der Waals surface area contributed by atoms with Crippen molar-refractivity contribution >= 4 is 34.4 Å². The zero-order valence-electron chi connectivity index (χ0n) is 10.6. The first kappa shape index (κ1) is 14.4. The number of likely N-dealkylation sites (N-methyl/N-ethyl adjacent to an activating group) is 2. The summed E-state index contributed by atoms with van der Waals surface area (Å²) in [6.45, 7) is 5.99. The third-order valence-electron chi connectivity index (χ3n) is 2.45. The predicted octanol–water partition coefficient (Wildman–Crippen LogP) is 2.39. The van der Waals surface area contributed by atoms with Crippen LogP contribution in [0, 0.1) is 0 Å². The fraction of sp³-hybridized carbons (Fsp3) is 0.636. The third kappa shape index (κ3) is 3.66. The Morgan fingerprint density at radius 3 is 2.59 bits per heavy atom. The van der Waals surface area contributed by atoms with E-state index in [0.29, 0.717) is 16.1 Å². The molecule has 1 aromatic heterocycles. The molecule has 0 N–H and O–H groups in total. The molecule has 17 heavy (non-hydrogen) atoms. The van der Waals surface area contributed by atoms with Gasteiger partial charge in [-0.15, -0.1) is 0 Å². The van der Waals surface area contributed by atoms with Crippen molar-refractivity contribution in [2.24, 2.45) is 0 Å². The second-order valence-electron chi connectivity index (χ2n) is 4.17. The summed E-state index contributed by atoms with van der Waals surface area (Å²) in [4.78, 5) is 19.8. The van der Waals surface area contributed by atoms with Gasteiger partial charge in [-0.25, -0.2) is 4.98 Å². The summed E-state index contributed by atoms with van der Waals surface area (Å²) in [5.41, 5.74) is 0. The first-order valence-electron chi connectivity index (χ1n) is 5.52. The first-order chi connectivity index (χ1) is 7.99. The van der Waals surface area contributed by atoms with E-state index in [1.54, 1.807) is 0 Å². The van der Waals surface area contributed by atoms with Gasteiger partial charge < -0.3 is 9.80 Å². The van der Waals surface area contributed by atoms with Crippen LogP contribution in [0.15, 0.2) is 0 Å². The van der Waals surface area contributed by atoms with Gasteiger partial charge in [0.05, 0.1) is 0 Å². The Hall–Kier alpha value is -0.650. The summed E-state index contributed by atoms with van der Waals surface area (Å²) in [5, 5.41) is 1.12. The number of hydrogen-bond acceptors (Lipinski definition) is 5. The Balaban J connectivity index is 2.88. The molecule has 1 heterocycles. The minimum atomic E-state index is 0.301. The number of carbonyl (C=O) groups excluding carboxylic acids is 1. The van der Waals surface area contributed by atoms with Crippen molar-refractivity contribution in [3.8, 4) is 0 Å². The average Bonchev–Trinajstić information content (AvgIpc) is 2.59. The van der Waals surface area contributed by atoms with Gasteiger partial charge in [0.15, 0.2) is 16.6 Å². The van der Waals surface area contributed by atoms with E-state index in [2.05, 4.69) is 28.6 Å². The summed E-state index contributed by atoms with van der Waals surface area (Å²) in [5.74, 6) is 0. The predicted molar refractivity (Wildman–Crippen MR) is 73.5 cm³/mol. The lowest BCUT2D eigenvalue weighted by atomic mass is 10.3. The number of hydrogen-bond donors (Lipinski definition) is 0. The molecule has 0 radical (unpaired) electrons. The van der Waals surface area contributed by atoms with Gasteiger partial charge in [-0.3, -0.25) is 4.79 Å². The summed E-state index contributed by atoms with van der Waals surface area (Å²) in [7, 11) is 4.08. The van der Waals surface area contributed by atoms with Crippen molar-refractivity contribution in [1.82, 2.24) is 9.88 Å². The Morgan fingerprint density at radius 1 is 1.53 bits per heavy atom. The van der Waals surface area contributed by atoms with Crippen LogP contribution in [0.3, 0.4) is 0 Å². The standard InChI is InChI=1S/C11H18ClN3OS/c1-5-15(8(2)6-14(3)4)11-13-10(12)9(7-16)17-11/h7-8H,5-6H2,1-4H3. The van der Waals surface area contributed by atoms with Crippen molar-refractivity contribution < 1.29 is 4.79 Å². The molecule has 6 heteroatoms. The molecule has 0 aliphatic carbocycles. The number of aromatic nitrogens is 1. The molecular weight excluding hydrogens is 258 g/mol. The Morgan fingerprint density at radius 2 is 2.18 bits per heavy atom. The quantitative estimate of drug-likeness (QED) is 0.747. The molecule has 4 nitrogen and oxygen atoms in total. The highest BCUT2D eigenvalue weighted by Crippen LogP contribution is 2.29. The molecule has 0 aliphatic heterocycles. The van der Waals surface area contributed by atoms with Gasteiger partial charge in [-0.2, -0.15) is 0 Å². The van der Waals surface area contributed by atoms with Crippen LogP contribution in [0.4, 0.5) is 5.13 Å². The van der Waals surface area contributed by atoms with Crippen LogP contribution in [0.5, 0.6) is 0 Å². The van der Waals surface area contributed by atoms with E-state index in [0.717, 1.165) is 24.5 Å². The van der Waals surface area contributed by atoms with Gasteiger partial charge in [0, 0.05) is 19.1 Å². The lowest BCUT2D eigenvalue weighted by molar-refractivity contribution is 0.112. The minimum Gasteiger partial charge on any atom is -0.344 e. The highest BCUT2D eigenvalue weighted by Gasteiger charge is 2.19. The summed E-state index contributed by atoms with van der Waals surface area (Å²) >= 11 is 7.23. The number of rotatable bonds is 6. The highest BCUT2D eigenvalue weighted by molar-refractivity contribution is 7.17. The fourth-order valence-electron chi connectivity index (χ4n) is 1.76. The Bertz CT molecular complexity index is 381. The molecule has 96 valence electrons. The molecule has 0 saturated carbocycles. The van der Waals surface area contributed by atoms with E-state index in [1.807, 2.05) is 14.1 Å². The molecule has 0 saturated heterocycles. The topological polar surface area (TPSA) is 36.4 Å². The molecule has 1 aromatic rings. The van der Waals surface area contributed by atoms with Crippen molar-refractivity contribution in [2.75, 3.05) is 32.1 Å². The smallest absolute Gasteiger partial charge is 0.187 e. The van der Waals surface area contributed by atoms with Crippen LogP contribution in [-0.4, -0.2) is 49.4 Å². The molecule has 0 bridgehead atoms. The second-order valence-corrected chi connectivity index (χ2v) is 5.53. The minimum absolute atomic E-state index is 0.301. The van der Waals surface area contributed by atoms with Crippen LogP contribution >= 0.6 is 22.9 Å². The zero-order chi connectivity index (χ0) is 13.0. The fourth-order valence-corrected chi connectivity index (χ4v) is 2.99. The van der Waals surface area contributed by atoms with Gasteiger partial charge in [-0.05, 0) is 27.9 Å². The zero-order valence-corrected chi connectivity index (χ0v) is 12.2. The molecule has 1 rings (SSSR count). The monoisotopic (exact) mass is 275 g/mol. The van der Waals surface area contributed by atoms with Crippen molar-refractivity contribution in [1.29, 1.82) is 0 Å². The van der Waals surface area contributed by atoms with Crippen LogP contribution in [0.1, 0.15) is 23.5 Å². The molecule has 0 spiro atoms. The maximum atomic E-state index is 10.8. The molecule has 0 amide bonds. The number of carbonyl (C=O) groups is 1. The van der Waals surface area contributed by atoms with E-state index in [4.69, 9.17) is 11.6 Å². The van der Waals surface area contributed by atoms with Crippen LogP contribution in [0.25, 0.3) is 0 Å². The van der Waals surface area contributed by atoms with Crippen LogP contribution in [0.2, 0.25) is 5.15 Å². The van der Waals surface area contributed by atoms with E-state index >= 15 is 0 Å². The normalized spacial score (nSPS) is 12.8. The Labute approximate surface area is 111 Å². The lowest BCUT2D eigenvalue weighted by Gasteiger charge is -2.29. The summed E-state index contributed by atoms with van der Waals surface area (Å²) in [6.07, 6.45) is 0.758.